The first-order valence-corrected chi connectivity index (χ1v) is 10.9. The maximum atomic E-state index is 12.8. The molecule has 0 unspecified atom stereocenters. The monoisotopic (exact) mass is 395 g/mol. The Kier molecular flexibility index (Phi) is 6.80. The number of nitrogens with zero attached hydrogens (tertiary/aromatic N) is 1. The average molecular weight is 396 g/mol. The highest BCUT2D eigenvalue weighted by Crippen LogP contribution is 2.28. The molecular weight excluding hydrogens is 370 g/mol. The SMILES string of the molecule is CCNc1ccc(S(=O)(=O)N(CC)CC)cc1NC(=O)c1sccc1C. The van der Waals surface area contributed by atoms with Crippen LogP contribution in [-0.4, -0.2) is 38.3 Å². The Labute approximate surface area is 159 Å². The zero-order chi connectivity index (χ0) is 19.3. The Morgan fingerprint density at radius 2 is 1.81 bits per heavy atom. The molecule has 2 aromatic rings. The molecule has 142 valence electrons. The molecule has 2 N–H and O–H groups in total. The van der Waals surface area contributed by atoms with Gasteiger partial charge in [-0.2, -0.15) is 4.31 Å². The van der Waals surface area contributed by atoms with Crippen molar-refractivity contribution in [2.45, 2.75) is 32.6 Å². The van der Waals surface area contributed by atoms with Crippen molar-refractivity contribution >= 4 is 38.6 Å². The van der Waals surface area contributed by atoms with Crippen molar-refractivity contribution in [1.82, 2.24) is 4.31 Å². The molecule has 0 atom stereocenters. The number of carbonyl (C=O) groups excluding carboxylic acids is 1. The number of hydrogen-bond donors (Lipinski definition) is 2. The highest BCUT2D eigenvalue weighted by atomic mass is 32.2. The largest absolute Gasteiger partial charge is 0.384 e. The third-order valence-corrected chi connectivity index (χ3v) is 7.08. The molecule has 1 heterocycles. The van der Waals surface area contributed by atoms with Crippen LogP contribution in [0.15, 0.2) is 34.5 Å². The summed E-state index contributed by atoms with van der Waals surface area (Å²) >= 11 is 1.36. The van der Waals surface area contributed by atoms with E-state index in [0.717, 1.165) is 5.56 Å². The number of carbonyl (C=O) groups is 1. The highest BCUT2D eigenvalue weighted by Gasteiger charge is 2.23. The maximum Gasteiger partial charge on any atom is 0.266 e. The Hall–Kier alpha value is -1.90. The second-order valence-electron chi connectivity index (χ2n) is 5.71. The minimum Gasteiger partial charge on any atom is -0.384 e. The van der Waals surface area contributed by atoms with E-state index >= 15 is 0 Å². The number of amides is 1. The summed E-state index contributed by atoms with van der Waals surface area (Å²) in [6.45, 7) is 8.86. The standard InChI is InChI=1S/C18H25N3O3S2/c1-5-19-15-9-8-14(26(23,24)21(6-2)7-3)12-16(15)20-18(22)17-13(4)10-11-25-17/h8-12,19H,5-7H2,1-4H3,(H,20,22). The molecule has 1 amide bonds. The van der Waals surface area contributed by atoms with Crippen LogP contribution in [0.5, 0.6) is 0 Å². The lowest BCUT2D eigenvalue weighted by Gasteiger charge is -2.20. The fourth-order valence-electron chi connectivity index (χ4n) is 2.63. The minimum atomic E-state index is -3.60. The Morgan fingerprint density at radius 1 is 1.12 bits per heavy atom. The lowest BCUT2D eigenvalue weighted by Crippen LogP contribution is -2.30. The third-order valence-electron chi connectivity index (χ3n) is 4.02. The average Bonchev–Trinajstić information content (AvgIpc) is 3.03. The van der Waals surface area contributed by atoms with Crippen LogP contribution in [0.25, 0.3) is 0 Å². The number of rotatable bonds is 8. The van der Waals surface area contributed by atoms with Gasteiger partial charge < -0.3 is 10.6 Å². The number of sulfonamides is 1. The fraction of sp³-hybridized carbons (Fsp3) is 0.389. The molecule has 0 bridgehead atoms. The second kappa shape index (κ2) is 8.66. The summed E-state index contributed by atoms with van der Waals surface area (Å²) in [5.41, 5.74) is 2.04. The van der Waals surface area contributed by atoms with Gasteiger partial charge in [-0.05, 0) is 49.1 Å². The molecule has 0 saturated heterocycles. The topological polar surface area (TPSA) is 78.5 Å². The summed E-state index contributed by atoms with van der Waals surface area (Å²) in [5, 5.41) is 7.87. The van der Waals surface area contributed by atoms with E-state index < -0.39 is 10.0 Å². The predicted octanol–water partition coefficient (Wildman–Crippen LogP) is 3.77. The first kappa shape index (κ1) is 20.4. The Bertz CT molecular complexity index is 872. The molecule has 1 aromatic carbocycles. The zero-order valence-corrected chi connectivity index (χ0v) is 17.1. The first-order chi connectivity index (χ1) is 12.3. The van der Waals surface area contributed by atoms with Crippen molar-refractivity contribution in [2.75, 3.05) is 30.3 Å². The third kappa shape index (κ3) is 4.25. The molecule has 0 aliphatic rings. The van der Waals surface area contributed by atoms with Crippen LogP contribution in [0, 0.1) is 6.92 Å². The predicted molar refractivity (Wildman–Crippen MR) is 108 cm³/mol. The number of anilines is 2. The number of hydrogen-bond acceptors (Lipinski definition) is 5. The van der Waals surface area contributed by atoms with E-state index in [1.54, 1.807) is 26.0 Å². The van der Waals surface area contributed by atoms with Crippen molar-refractivity contribution in [3.8, 4) is 0 Å². The number of benzene rings is 1. The van der Waals surface area contributed by atoms with E-state index in [9.17, 15) is 13.2 Å². The molecule has 2 rings (SSSR count). The van der Waals surface area contributed by atoms with Crippen molar-refractivity contribution in [1.29, 1.82) is 0 Å². The van der Waals surface area contributed by atoms with Crippen LogP contribution in [0.3, 0.4) is 0 Å². The minimum absolute atomic E-state index is 0.168. The molecule has 0 saturated carbocycles. The fourth-order valence-corrected chi connectivity index (χ4v) is 4.93. The zero-order valence-electron chi connectivity index (χ0n) is 15.5. The second-order valence-corrected chi connectivity index (χ2v) is 8.57. The molecular formula is C18H25N3O3S2. The summed E-state index contributed by atoms with van der Waals surface area (Å²) in [7, 11) is -3.60. The van der Waals surface area contributed by atoms with Crippen LogP contribution in [0.2, 0.25) is 0 Å². The Balaban J connectivity index is 2.43. The van der Waals surface area contributed by atoms with Gasteiger partial charge in [-0.3, -0.25) is 4.79 Å². The van der Waals surface area contributed by atoms with E-state index in [0.29, 0.717) is 35.9 Å². The van der Waals surface area contributed by atoms with E-state index in [1.165, 1.54) is 21.7 Å². The first-order valence-electron chi connectivity index (χ1n) is 8.58. The van der Waals surface area contributed by atoms with Crippen LogP contribution in [0.1, 0.15) is 36.0 Å². The smallest absolute Gasteiger partial charge is 0.266 e. The molecule has 0 fully saturated rings. The molecule has 6 nitrogen and oxygen atoms in total. The molecule has 1 aromatic heterocycles. The number of thiophene rings is 1. The normalized spacial score (nSPS) is 11.6. The highest BCUT2D eigenvalue weighted by molar-refractivity contribution is 7.89. The van der Waals surface area contributed by atoms with Gasteiger partial charge in [-0.25, -0.2) is 8.42 Å². The number of nitrogens with one attached hydrogen (secondary N) is 2. The summed E-state index contributed by atoms with van der Waals surface area (Å²) in [4.78, 5) is 13.4. The summed E-state index contributed by atoms with van der Waals surface area (Å²) in [5.74, 6) is -0.242. The van der Waals surface area contributed by atoms with Crippen LogP contribution < -0.4 is 10.6 Å². The van der Waals surface area contributed by atoms with E-state index in [1.807, 2.05) is 25.3 Å². The van der Waals surface area contributed by atoms with Gasteiger partial charge in [0, 0.05) is 19.6 Å². The van der Waals surface area contributed by atoms with E-state index in [-0.39, 0.29) is 10.8 Å². The van der Waals surface area contributed by atoms with Gasteiger partial charge in [0.25, 0.3) is 5.91 Å². The van der Waals surface area contributed by atoms with Crippen molar-refractivity contribution in [3.63, 3.8) is 0 Å². The van der Waals surface area contributed by atoms with Gasteiger partial charge in [0.05, 0.1) is 21.1 Å². The van der Waals surface area contributed by atoms with Gasteiger partial charge in [-0.15, -0.1) is 11.3 Å². The maximum absolute atomic E-state index is 12.8. The number of aryl methyl sites for hydroxylation is 1. The summed E-state index contributed by atoms with van der Waals surface area (Å²) in [6.07, 6.45) is 0. The van der Waals surface area contributed by atoms with Crippen LogP contribution in [0.4, 0.5) is 11.4 Å². The molecule has 0 aliphatic heterocycles. The lowest BCUT2D eigenvalue weighted by atomic mass is 10.2. The summed E-state index contributed by atoms with van der Waals surface area (Å²) in [6, 6.07) is 6.66. The van der Waals surface area contributed by atoms with E-state index in [2.05, 4.69) is 10.6 Å². The van der Waals surface area contributed by atoms with Crippen molar-refractivity contribution in [3.05, 3.63) is 40.1 Å². The van der Waals surface area contributed by atoms with Gasteiger partial charge in [0.15, 0.2) is 0 Å². The van der Waals surface area contributed by atoms with Gasteiger partial charge >= 0.3 is 0 Å². The molecule has 8 heteroatoms. The molecule has 0 aliphatic carbocycles. The molecule has 26 heavy (non-hydrogen) atoms. The van der Waals surface area contributed by atoms with Gasteiger partial charge in [0.1, 0.15) is 0 Å². The molecule has 0 radical (unpaired) electrons. The van der Waals surface area contributed by atoms with Crippen molar-refractivity contribution in [2.24, 2.45) is 0 Å². The Morgan fingerprint density at radius 3 is 2.35 bits per heavy atom. The van der Waals surface area contributed by atoms with E-state index in [4.69, 9.17) is 0 Å². The van der Waals surface area contributed by atoms with Crippen LogP contribution in [-0.2, 0) is 10.0 Å². The van der Waals surface area contributed by atoms with Crippen LogP contribution >= 0.6 is 11.3 Å². The van der Waals surface area contributed by atoms with Crippen molar-refractivity contribution < 1.29 is 13.2 Å². The van der Waals surface area contributed by atoms with Gasteiger partial charge in [0.2, 0.25) is 10.0 Å². The quantitative estimate of drug-likeness (QED) is 0.713. The lowest BCUT2D eigenvalue weighted by molar-refractivity contribution is 0.103. The van der Waals surface area contributed by atoms with Gasteiger partial charge in [-0.1, -0.05) is 13.8 Å². The molecule has 0 spiro atoms. The summed E-state index contributed by atoms with van der Waals surface area (Å²) < 4.78 is 27.0.